The molecule has 3 rings (SSSR count). The largest absolute Gasteiger partial charge is 0.493 e. The summed E-state index contributed by atoms with van der Waals surface area (Å²) in [6, 6.07) is 12.9. The van der Waals surface area contributed by atoms with Gasteiger partial charge in [0.25, 0.3) is 0 Å². The minimum atomic E-state index is 0.293. The van der Waals surface area contributed by atoms with Gasteiger partial charge in [-0.2, -0.15) is 0 Å². The van der Waals surface area contributed by atoms with Crippen molar-refractivity contribution in [2.45, 2.75) is 32.9 Å². The maximum atomic E-state index is 6.19. The standard InChI is InChI=1S/C18H20ClNO/c1-12-3-5-14(6-4-12)13(2)20-11-16-10-17(19)9-15-7-8-21-18(15)16/h3-6,9-10,13,20H,7-8,11H2,1-2H3/t13-/m1/s1. The molecule has 2 aromatic rings. The van der Waals surface area contributed by atoms with Crippen LogP contribution >= 0.6 is 11.6 Å². The highest BCUT2D eigenvalue weighted by Gasteiger charge is 2.18. The van der Waals surface area contributed by atoms with Crippen molar-refractivity contribution in [2.75, 3.05) is 6.61 Å². The van der Waals surface area contributed by atoms with Crippen molar-refractivity contribution in [3.8, 4) is 5.75 Å². The normalized spacial score (nSPS) is 14.6. The van der Waals surface area contributed by atoms with Gasteiger partial charge in [0.2, 0.25) is 0 Å². The number of aryl methyl sites for hydroxylation is 1. The Morgan fingerprint density at radius 2 is 2.00 bits per heavy atom. The summed E-state index contributed by atoms with van der Waals surface area (Å²) in [5.41, 5.74) is 4.95. The van der Waals surface area contributed by atoms with Gasteiger partial charge in [-0.1, -0.05) is 41.4 Å². The Hall–Kier alpha value is -1.51. The average Bonchev–Trinajstić information content (AvgIpc) is 2.93. The van der Waals surface area contributed by atoms with Crippen molar-refractivity contribution in [1.29, 1.82) is 0 Å². The monoisotopic (exact) mass is 301 g/mol. The lowest BCUT2D eigenvalue weighted by Gasteiger charge is -2.16. The van der Waals surface area contributed by atoms with Crippen LogP contribution in [0.3, 0.4) is 0 Å². The number of rotatable bonds is 4. The molecule has 0 aliphatic carbocycles. The van der Waals surface area contributed by atoms with Crippen molar-refractivity contribution in [3.63, 3.8) is 0 Å². The molecule has 0 unspecified atom stereocenters. The maximum absolute atomic E-state index is 6.19. The van der Waals surface area contributed by atoms with E-state index in [0.717, 1.165) is 35.9 Å². The summed E-state index contributed by atoms with van der Waals surface area (Å²) in [4.78, 5) is 0. The molecular weight excluding hydrogens is 282 g/mol. The summed E-state index contributed by atoms with van der Waals surface area (Å²) in [6.45, 7) is 5.80. The number of halogens is 1. The molecule has 0 aromatic heterocycles. The third kappa shape index (κ3) is 3.22. The molecule has 21 heavy (non-hydrogen) atoms. The van der Waals surface area contributed by atoms with Gasteiger partial charge in [0.15, 0.2) is 0 Å². The van der Waals surface area contributed by atoms with Crippen molar-refractivity contribution in [3.05, 3.63) is 63.7 Å². The summed E-state index contributed by atoms with van der Waals surface area (Å²) >= 11 is 6.19. The molecule has 1 N–H and O–H groups in total. The maximum Gasteiger partial charge on any atom is 0.127 e. The zero-order valence-corrected chi connectivity index (χ0v) is 13.2. The number of benzene rings is 2. The van der Waals surface area contributed by atoms with Gasteiger partial charge in [0, 0.05) is 29.6 Å². The van der Waals surface area contributed by atoms with Crippen LogP contribution in [0.4, 0.5) is 0 Å². The number of hydrogen-bond acceptors (Lipinski definition) is 2. The Balaban J connectivity index is 1.72. The molecule has 110 valence electrons. The van der Waals surface area contributed by atoms with E-state index in [2.05, 4.69) is 43.4 Å². The van der Waals surface area contributed by atoms with E-state index in [1.165, 1.54) is 16.7 Å². The lowest BCUT2D eigenvalue weighted by atomic mass is 10.0. The minimum absolute atomic E-state index is 0.293. The fraction of sp³-hybridized carbons (Fsp3) is 0.333. The first-order valence-electron chi connectivity index (χ1n) is 7.37. The Morgan fingerprint density at radius 1 is 1.24 bits per heavy atom. The van der Waals surface area contributed by atoms with Gasteiger partial charge >= 0.3 is 0 Å². The topological polar surface area (TPSA) is 21.3 Å². The number of hydrogen-bond donors (Lipinski definition) is 1. The quantitative estimate of drug-likeness (QED) is 0.902. The third-order valence-electron chi connectivity index (χ3n) is 4.00. The highest BCUT2D eigenvalue weighted by molar-refractivity contribution is 6.30. The molecule has 0 radical (unpaired) electrons. The van der Waals surface area contributed by atoms with E-state index in [1.807, 2.05) is 12.1 Å². The molecule has 0 spiro atoms. The van der Waals surface area contributed by atoms with Crippen LogP contribution in [-0.4, -0.2) is 6.61 Å². The van der Waals surface area contributed by atoms with E-state index in [-0.39, 0.29) is 0 Å². The van der Waals surface area contributed by atoms with Gasteiger partial charge in [-0.25, -0.2) is 0 Å². The summed E-state index contributed by atoms with van der Waals surface area (Å²) in [5, 5.41) is 4.34. The molecule has 1 atom stereocenters. The predicted molar refractivity (Wildman–Crippen MR) is 87.1 cm³/mol. The van der Waals surface area contributed by atoms with Crippen LogP contribution in [0.25, 0.3) is 0 Å². The first kappa shape index (κ1) is 14.4. The molecule has 1 aliphatic heterocycles. The van der Waals surface area contributed by atoms with Crippen LogP contribution in [-0.2, 0) is 13.0 Å². The van der Waals surface area contributed by atoms with Crippen LogP contribution < -0.4 is 10.1 Å². The first-order chi connectivity index (χ1) is 10.1. The second-order valence-electron chi connectivity index (χ2n) is 5.66. The van der Waals surface area contributed by atoms with Crippen LogP contribution in [0.5, 0.6) is 5.75 Å². The van der Waals surface area contributed by atoms with Gasteiger partial charge in [0.1, 0.15) is 5.75 Å². The Kier molecular flexibility index (Phi) is 4.18. The van der Waals surface area contributed by atoms with Gasteiger partial charge in [-0.05, 0) is 37.1 Å². The Labute approximate surface area is 131 Å². The molecule has 0 saturated heterocycles. The van der Waals surface area contributed by atoms with E-state index < -0.39 is 0 Å². The van der Waals surface area contributed by atoms with Crippen LogP contribution in [0.2, 0.25) is 5.02 Å². The van der Waals surface area contributed by atoms with Crippen LogP contribution in [0.1, 0.15) is 35.2 Å². The molecule has 0 amide bonds. The van der Waals surface area contributed by atoms with E-state index in [1.54, 1.807) is 0 Å². The van der Waals surface area contributed by atoms with E-state index >= 15 is 0 Å². The third-order valence-corrected chi connectivity index (χ3v) is 4.22. The van der Waals surface area contributed by atoms with Gasteiger partial charge in [-0.15, -0.1) is 0 Å². The molecule has 0 saturated carbocycles. The summed E-state index contributed by atoms with van der Waals surface area (Å²) in [7, 11) is 0. The minimum Gasteiger partial charge on any atom is -0.493 e. The number of ether oxygens (including phenoxy) is 1. The van der Waals surface area contributed by atoms with Crippen LogP contribution in [0, 0.1) is 6.92 Å². The zero-order valence-electron chi connectivity index (χ0n) is 12.4. The number of nitrogens with one attached hydrogen (secondary N) is 1. The van der Waals surface area contributed by atoms with Crippen molar-refractivity contribution in [2.24, 2.45) is 0 Å². The molecule has 1 aliphatic rings. The molecule has 0 fully saturated rings. The first-order valence-corrected chi connectivity index (χ1v) is 7.75. The van der Waals surface area contributed by atoms with Crippen molar-refractivity contribution in [1.82, 2.24) is 5.32 Å². The lowest BCUT2D eigenvalue weighted by Crippen LogP contribution is -2.18. The fourth-order valence-corrected chi connectivity index (χ4v) is 2.98. The Morgan fingerprint density at radius 3 is 2.76 bits per heavy atom. The summed E-state index contributed by atoms with van der Waals surface area (Å²) < 4.78 is 5.74. The van der Waals surface area contributed by atoms with E-state index in [0.29, 0.717) is 6.04 Å². The average molecular weight is 302 g/mol. The second-order valence-corrected chi connectivity index (χ2v) is 6.10. The molecule has 2 aromatic carbocycles. The molecule has 3 heteroatoms. The fourth-order valence-electron chi connectivity index (χ4n) is 2.71. The SMILES string of the molecule is Cc1ccc([C@@H](C)NCc2cc(Cl)cc3c2OCC3)cc1. The number of fused-ring (bicyclic) bond motifs is 1. The highest BCUT2D eigenvalue weighted by atomic mass is 35.5. The summed E-state index contributed by atoms with van der Waals surface area (Å²) in [5.74, 6) is 1.02. The van der Waals surface area contributed by atoms with Gasteiger partial charge < -0.3 is 10.1 Å². The predicted octanol–water partition coefficient (Wildman–Crippen LogP) is 4.43. The van der Waals surface area contributed by atoms with Crippen molar-refractivity contribution >= 4 is 11.6 Å². The van der Waals surface area contributed by atoms with Gasteiger partial charge in [-0.3, -0.25) is 0 Å². The lowest BCUT2D eigenvalue weighted by molar-refractivity contribution is 0.351. The Bertz CT molecular complexity index is 636. The van der Waals surface area contributed by atoms with E-state index in [4.69, 9.17) is 16.3 Å². The molecule has 0 bridgehead atoms. The van der Waals surface area contributed by atoms with Gasteiger partial charge in [0.05, 0.1) is 6.61 Å². The second kappa shape index (κ2) is 6.08. The molecule has 1 heterocycles. The van der Waals surface area contributed by atoms with Crippen LogP contribution in [0.15, 0.2) is 36.4 Å². The molecule has 2 nitrogen and oxygen atoms in total. The highest BCUT2D eigenvalue weighted by Crippen LogP contribution is 2.33. The van der Waals surface area contributed by atoms with Crippen molar-refractivity contribution < 1.29 is 4.74 Å². The zero-order chi connectivity index (χ0) is 14.8. The molecular formula is C18H20ClNO. The smallest absolute Gasteiger partial charge is 0.127 e. The summed E-state index contributed by atoms with van der Waals surface area (Å²) in [6.07, 6.45) is 0.955. The van der Waals surface area contributed by atoms with E-state index in [9.17, 15) is 0 Å².